The molecule has 1 saturated heterocycles. The number of piperidine rings is 1. The van der Waals surface area contributed by atoms with E-state index in [9.17, 15) is 4.79 Å². The highest BCUT2D eigenvalue weighted by atomic mass is 19.1. The summed E-state index contributed by atoms with van der Waals surface area (Å²) < 4.78 is 15.6. The van der Waals surface area contributed by atoms with Gasteiger partial charge in [0.1, 0.15) is 17.5 Å². The number of nitrogens with zero attached hydrogens (tertiary/aromatic N) is 3. The Kier molecular flexibility index (Phi) is 5.55. The van der Waals surface area contributed by atoms with E-state index in [0.29, 0.717) is 17.2 Å². The van der Waals surface area contributed by atoms with Crippen LogP contribution in [0.1, 0.15) is 68.1 Å². The number of aryl methyl sites for hydroxylation is 1. The maximum absolute atomic E-state index is 15.6. The van der Waals surface area contributed by atoms with Crippen molar-refractivity contribution in [1.82, 2.24) is 15.3 Å². The Balaban J connectivity index is 1.53. The van der Waals surface area contributed by atoms with Crippen LogP contribution < -0.4 is 15.5 Å². The van der Waals surface area contributed by atoms with Crippen molar-refractivity contribution in [3.05, 3.63) is 58.7 Å². The van der Waals surface area contributed by atoms with Crippen LogP contribution in [0.2, 0.25) is 0 Å². The summed E-state index contributed by atoms with van der Waals surface area (Å²) >= 11 is 0. The maximum Gasteiger partial charge on any atom is 0.236 e. The minimum Gasteiger partial charge on any atom is -0.363 e. The molecule has 3 heterocycles. The van der Waals surface area contributed by atoms with E-state index in [1.807, 2.05) is 58.0 Å². The molecule has 34 heavy (non-hydrogen) atoms. The minimum atomic E-state index is -0.602. The van der Waals surface area contributed by atoms with Crippen molar-refractivity contribution >= 4 is 28.3 Å². The summed E-state index contributed by atoms with van der Waals surface area (Å²) in [6, 6.07) is 9.37. The number of aromatic nitrogens is 2. The molecule has 2 aliphatic heterocycles. The molecule has 1 unspecified atom stereocenters. The quantitative estimate of drug-likeness (QED) is 0.574. The molecule has 1 amide bonds. The van der Waals surface area contributed by atoms with Gasteiger partial charge in [-0.1, -0.05) is 18.2 Å². The van der Waals surface area contributed by atoms with Gasteiger partial charge in [0.15, 0.2) is 0 Å². The molecular formula is C27H32FN5O. The van der Waals surface area contributed by atoms with Crippen LogP contribution in [0.4, 0.5) is 15.9 Å². The molecule has 2 aliphatic rings. The highest BCUT2D eigenvalue weighted by Crippen LogP contribution is 2.43. The molecule has 0 bridgehead atoms. The topological polar surface area (TPSA) is 70.1 Å². The van der Waals surface area contributed by atoms with Crippen LogP contribution in [0.15, 0.2) is 30.3 Å². The molecule has 7 heteroatoms. The normalized spacial score (nSPS) is 20.5. The number of rotatable bonds is 4. The third-order valence-electron chi connectivity index (χ3n) is 7.41. The molecule has 0 spiro atoms. The first-order valence-corrected chi connectivity index (χ1v) is 12.0. The number of carbonyl (C=O) groups excluding carboxylic acids is 1. The van der Waals surface area contributed by atoms with Crippen molar-refractivity contribution in [2.24, 2.45) is 0 Å². The van der Waals surface area contributed by atoms with Gasteiger partial charge < -0.3 is 15.5 Å². The SMILES string of the molecule is Cc1nc(NC(C)c2cccc([C@@H]3CCCNC3)c2F)c2cc3c(cc2n1)C(C)(C)C(=O)N3C. The lowest BCUT2D eigenvalue weighted by Gasteiger charge is -2.25. The van der Waals surface area contributed by atoms with E-state index in [0.717, 1.165) is 53.6 Å². The average molecular weight is 462 g/mol. The molecule has 2 N–H and O–H groups in total. The van der Waals surface area contributed by atoms with Crippen LogP contribution in [0.3, 0.4) is 0 Å². The van der Waals surface area contributed by atoms with E-state index in [-0.39, 0.29) is 23.7 Å². The van der Waals surface area contributed by atoms with Gasteiger partial charge in [0.25, 0.3) is 0 Å². The summed E-state index contributed by atoms with van der Waals surface area (Å²) in [7, 11) is 1.80. The van der Waals surface area contributed by atoms with Crippen molar-refractivity contribution in [2.45, 2.75) is 57.9 Å². The second-order valence-electron chi connectivity index (χ2n) is 10.2. The molecule has 1 aromatic heterocycles. The summed E-state index contributed by atoms with van der Waals surface area (Å²) in [5.41, 5.74) is 3.41. The van der Waals surface area contributed by atoms with Crippen LogP contribution >= 0.6 is 0 Å². The van der Waals surface area contributed by atoms with Crippen LogP contribution in [0.25, 0.3) is 10.9 Å². The van der Waals surface area contributed by atoms with Crippen molar-refractivity contribution < 1.29 is 9.18 Å². The number of carbonyl (C=O) groups is 1. The Bertz CT molecular complexity index is 1280. The zero-order valence-corrected chi connectivity index (χ0v) is 20.5. The summed E-state index contributed by atoms with van der Waals surface area (Å²) in [5, 5.41) is 7.64. The van der Waals surface area contributed by atoms with E-state index >= 15 is 4.39 Å². The summed E-state index contributed by atoms with van der Waals surface area (Å²) in [5.74, 6) is 1.38. The maximum atomic E-state index is 15.6. The van der Waals surface area contributed by atoms with E-state index in [4.69, 9.17) is 0 Å². The lowest BCUT2D eigenvalue weighted by molar-refractivity contribution is -0.121. The summed E-state index contributed by atoms with van der Waals surface area (Å²) in [4.78, 5) is 23.8. The van der Waals surface area contributed by atoms with Gasteiger partial charge in [-0.05, 0) is 76.3 Å². The lowest BCUT2D eigenvalue weighted by Crippen LogP contribution is -2.33. The van der Waals surface area contributed by atoms with Crippen LogP contribution in [-0.2, 0) is 10.2 Å². The predicted octanol–water partition coefficient (Wildman–Crippen LogP) is 4.97. The Morgan fingerprint density at radius 3 is 2.79 bits per heavy atom. The van der Waals surface area contributed by atoms with Crippen molar-refractivity contribution in [1.29, 1.82) is 0 Å². The second-order valence-corrected chi connectivity index (χ2v) is 10.2. The Morgan fingerprint density at radius 1 is 1.26 bits per heavy atom. The number of amides is 1. The number of hydrogen-bond acceptors (Lipinski definition) is 5. The number of hydrogen-bond donors (Lipinski definition) is 2. The highest BCUT2D eigenvalue weighted by Gasteiger charge is 2.42. The van der Waals surface area contributed by atoms with Crippen LogP contribution in [0.5, 0.6) is 0 Å². The standard InChI is InChI=1S/C27H32FN5O/c1-15(18-9-6-10-19(24(18)28)17-8-7-11-29-14-17)30-25-20-12-23-21(13-22(20)31-16(2)32-25)27(3,4)26(34)33(23)5/h6,9-10,12-13,15,17,29H,7-8,11,14H2,1-5H3,(H,30,31,32)/t15?,17-/m1/s1. The first kappa shape index (κ1) is 22.7. The van der Waals surface area contributed by atoms with E-state index < -0.39 is 5.41 Å². The minimum absolute atomic E-state index is 0.0569. The Morgan fingerprint density at radius 2 is 2.06 bits per heavy atom. The van der Waals surface area contributed by atoms with Gasteiger partial charge in [-0.3, -0.25) is 4.79 Å². The first-order valence-electron chi connectivity index (χ1n) is 12.0. The summed E-state index contributed by atoms with van der Waals surface area (Å²) in [6.07, 6.45) is 2.06. The van der Waals surface area contributed by atoms with E-state index in [1.54, 1.807) is 11.9 Å². The number of halogens is 1. The third-order valence-corrected chi connectivity index (χ3v) is 7.41. The van der Waals surface area contributed by atoms with Crippen LogP contribution in [-0.4, -0.2) is 36.0 Å². The smallest absolute Gasteiger partial charge is 0.236 e. The summed E-state index contributed by atoms with van der Waals surface area (Å²) in [6.45, 7) is 9.49. The van der Waals surface area contributed by atoms with Gasteiger partial charge in [0, 0.05) is 30.2 Å². The molecule has 0 saturated carbocycles. The van der Waals surface area contributed by atoms with Crippen molar-refractivity contribution in [2.75, 3.05) is 30.4 Å². The molecule has 0 aliphatic carbocycles. The molecule has 2 aromatic carbocycles. The van der Waals surface area contributed by atoms with Crippen molar-refractivity contribution in [3.63, 3.8) is 0 Å². The fourth-order valence-electron chi connectivity index (χ4n) is 5.43. The average Bonchev–Trinajstić information content (AvgIpc) is 2.98. The fourth-order valence-corrected chi connectivity index (χ4v) is 5.43. The molecule has 2 atom stereocenters. The molecule has 1 fully saturated rings. The monoisotopic (exact) mass is 461 g/mol. The largest absolute Gasteiger partial charge is 0.363 e. The number of fused-ring (bicyclic) bond motifs is 2. The molecule has 6 nitrogen and oxygen atoms in total. The van der Waals surface area contributed by atoms with Crippen LogP contribution in [0, 0.1) is 12.7 Å². The number of benzene rings is 2. The molecule has 5 rings (SSSR count). The van der Waals surface area contributed by atoms with Gasteiger partial charge in [0.05, 0.1) is 17.0 Å². The fraction of sp³-hybridized carbons (Fsp3) is 0.444. The second kappa shape index (κ2) is 8.31. The van der Waals surface area contributed by atoms with E-state index in [1.165, 1.54) is 0 Å². The molecule has 0 radical (unpaired) electrons. The van der Waals surface area contributed by atoms with Gasteiger partial charge in [0.2, 0.25) is 5.91 Å². The molecule has 3 aromatic rings. The Hall–Kier alpha value is -3.06. The molecule has 178 valence electrons. The van der Waals surface area contributed by atoms with Gasteiger partial charge in [-0.15, -0.1) is 0 Å². The highest BCUT2D eigenvalue weighted by molar-refractivity contribution is 6.10. The zero-order valence-electron chi connectivity index (χ0n) is 20.5. The van der Waals surface area contributed by atoms with E-state index in [2.05, 4.69) is 20.6 Å². The predicted molar refractivity (Wildman–Crippen MR) is 134 cm³/mol. The van der Waals surface area contributed by atoms with Crippen molar-refractivity contribution in [3.8, 4) is 0 Å². The van der Waals surface area contributed by atoms with Gasteiger partial charge in [-0.25, -0.2) is 14.4 Å². The van der Waals surface area contributed by atoms with Gasteiger partial charge >= 0.3 is 0 Å². The third kappa shape index (κ3) is 3.63. The number of likely N-dealkylation sites (N-methyl/N-ethyl adjacent to an activating group) is 1. The number of anilines is 2. The lowest BCUT2D eigenvalue weighted by atomic mass is 9.85. The zero-order chi connectivity index (χ0) is 24.2. The van der Waals surface area contributed by atoms with Gasteiger partial charge in [-0.2, -0.15) is 0 Å². The first-order chi connectivity index (χ1) is 16.2. The molecular weight excluding hydrogens is 429 g/mol. The Labute approximate surface area is 200 Å². The number of nitrogens with one attached hydrogen (secondary N) is 2.